The molecule has 0 spiro atoms. The van der Waals surface area contributed by atoms with E-state index < -0.39 is 6.36 Å². The molecular formula is C22H24F4N2O2. The van der Waals surface area contributed by atoms with Gasteiger partial charge in [-0.2, -0.15) is 0 Å². The van der Waals surface area contributed by atoms with Crippen LogP contribution in [0.15, 0.2) is 42.5 Å². The van der Waals surface area contributed by atoms with E-state index in [1.807, 2.05) is 0 Å². The van der Waals surface area contributed by atoms with Gasteiger partial charge in [-0.05, 0) is 68.1 Å². The van der Waals surface area contributed by atoms with Crippen molar-refractivity contribution < 1.29 is 27.0 Å². The van der Waals surface area contributed by atoms with Crippen LogP contribution in [0.2, 0.25) is 0 Å². The normalized spacial score (nSPS) is 22.0. The van der Waals surface area contributed by atoms with Crippen molar-refractivity contribution in [2.24, 2.45) is 0 Å². The molecule has 0 radical (unpaired) electrons. The van der Waals surface area contributed by atoms with Gasteiger partial charge in [0.25, 0.3) is 0 Å². The lowest BCUT2D eigenvalue weighted by atomic mass is 9.92. The minimum absolute atomic E-state index is 0.0123. The Hall–Kier alpha value is -2.32. The van der Waals surface area contributed by atoms with Gasteiger partial charge in [-0.15, -0.1) is 13.2 Å². The number of rotatable bonds is 7. The summed E-state index contributed by atoms with van der Waals surface area (Å²) in [7, 11) is 0. The summed E-state index contributed by atoms with van der Waals surface area (Å²) in [4.78, 5) is 0. The monoisotopic (exact) mass is 424 g/mol. The predicted molar refractivity (Wildman–Crippen MR) is 104 cm³/mol. The first kappa shape index (κ1) is 20.9. The van der Waals surface area contributed by atoms with Crippen molar-refractivity contribution in [3.63, 3.8) is 0 Å². The Kier molecular flexibility index (Phi) is 6.15. The van der Waals surface area contributed by atoms with Crippen molar-refractivity contribution in [1.82, 2.24) is 10.6 Å². The summed E-state index contributed by atoms with van der Waals surface area (Å²) in [6.07, 6.45) is -0.851. The minimum Gasteiger partial charge on any atom is -0.490 e. The van der Waals surface area contributed by atoms with Gasteiger partial charge in [0.05, 0.1) is 6.10 Å². The fraction of sp³-hybridized carbons (Fsp3) is 0.455. The zero-order valence-corrected chi connectivity index (χ0v) is 16.3. The highest BCUT2D eigenvalue weighted by molar-refractivity contribution is 5.41. The predicted octanol–water partition coefficient (Wildman–Crippen LogP) is 4.85. The Labute approximate surface area is 172 Å². The molecule has 1 saturated carbocycles. The maximum Gasteiger partial charge on any atom is 0.573 e. The van der Waals surface area contributed by atoms with Crippen molar-refractivity contribution >= 4 is 0 Å². The van der Waals surface area contributed by atoms with Gasteiger partial charge in [0.15, 0.2) is 0 Å². The van der Waals surface area contributed by atoms with Gasteiger partial charge in [-0.3, -0.25) is 0 Å². The van der Waals surface area contributed by atoms with E-state index in [2.05, 4.69) is 15.4 Å². The SMILES string of the molecule is Fc1ccc(C2NCCCC2NCc2cc(OC(F)(F)F)ccc2OC2CC2)cc1. The molecule has 162 valence electrons. The van der Waals surface area contributed by atoms with Crippen LogP contribution in [-0.4, -0.2) is 25.1 Å². The highest BCUT2D eigenvalue weighted by Gasteiger charge is 2.32. The highest BCUT2D eigenvalue weighted by atomic mass is 19.4. The van der Waals surface area contributed by atoms with Gasteiger partial charge in [-0.25, -0.2) is 4.39 Å². The molecular weight excluding hydrogens is 400 g/mol. The fourth-order valence-corrected chi connectivity index (χ4v) is 3.74. The summed E-state index contributed by atoms with van der Waals surface area (Å²) in [5, 5.41) is 6.90. The van der Waals surface area contributed by atoms with Crippen LogP contribution in [0.3, 0.4) is 0 Å². The van der Waals surface area contributed by atoms with Crippen LogP contribution < -0.4 is 20.1 Å². The van der Waals surface area contributed by atoms with Crippen LogP contribution in [0.1, 0.15) is 42.9 Å². The quantitative estimate of drug-likeness (QED) is 0.624. The molecule has 2 fully saturated rings. The molecule has 0 aromatic heterocycles. The van der Waals surface area contributed by atoms with Crippen LogP contribution in [0.5, 0.6) is 11.5 Å². The molecule has 2 aromatic rings. The summed E-state index contributed by atoms with van der Waals surface area (Å²) in [5.74, 6) is 0.0170. The Morgan fingerprint density at radius 1 is 1.03 bits per heavy atom. The first-order valence-corrected chi connectivity index (χ1v) is 10.1. The number of hydrogen-bond donors (Lipinski definition) is 2. The van der Waals surface area contributed by atoms with E-state index >= 15 is 0 Å². The fourth-order valence-electron chi connectivity index (χ4n) is 3.74. The van der Waals surface area contributed by atoms with Gasteiger partial charge in [-0.1, -0.05) is 12.1 Å². The Morgan fingerprint density at radius 2 is 1.80 bits per heavy atom. The van der Waals surface area contributed by atoms with Crippen LogP contribution in [0, 0.1) is 5.82 Å². The standard InChI is InChI=1S/C22H24F4N2O2/c23-16-5-3-14(4-6-16)21-19(2-1-11-27-21)28-13-15-12-18(30-22(24,25)26)9-10-20(15)29-17-7-8-17/h3-6,9-10,12,17,19,21,27-28H,1-2,7-8,11,13H2. The third-order valence-electron chi connectivity index (χ3n) is 5.33. The number of halogens is 4. The van der Waals surface area contributed by atoms with E-state index in [1.54, 1.807) is 12.1 Å². The van der Waals surface area contributed by atoms with Gasteiger partial charge < -0.3 is 20.1 Å². The van der Waals surface area contributed by atoms with Crippen LogP contribution in [-0.2, 0) is 6.54 Å². The lowest BCUT2D eigenvalue weighted by molar-refractivity contribution is -0.274. The second-order valence-corrected chi connectivity index (χ2v) is 7.75. The molecule has 2 aliphatic rings. The topological polar surface area (TPSA) is 42.5 Å². The molecule has 4 rings (SSSR count). The maximum atomic E-state index is 13.3. The second kappa shape index (κ2) is 8.81. The second-order valence-electron chi connectivity index (χ2n) is 7.75. The molecule has 0 bridgehead atoms. The van der Waals surface area contributed by atoms with E-state index in [0.717, 1.165) is 37.8 Å². The number of benzene rings is 2. The average molecular weight is 424 g/mol. The Morgan fingerprint density at radius 3 is 2.50 bits per heavy atom. The molecule has 2 unspecified atom stereocenters. The Balaban J connectivity index is 1.49. The van der Waals surface area contributed by atoms with E-state index in [0.29, 0.717) is 17.9 Å². The molecule has 2 N–H and O–H groups in total. The lowest BCUT2D eigenvalue weighted by Gasteiger charge is -2.34. The van der Waals surface area contributed by atoms with Gasteiger partial charge in [0.2, 0.25) is 0 Å². The zero-order valence-electron chi connectivity index (χ0n) is 16.3. The Bertz CT molecular complexity index is 853. The molecule has 1 heterocycles. The number of piperidine rings is 1. The largest absolute Gasteiger partial charge is 0.573 e. The van der Waals surface area contributed by atoms with Crippen molar-refractivity contribution in [3.8, 4) is 11.5 Å². The molecule has 0 amide bonds. The number of alkyl halides is 3. The molecule has 4 nitrogen and oxygen atoms in total. The first-order chi connectivity index (χ1) is 14.4. The van der Waals surface area contributed by atoms with Crippen LogP contribution >= 0.6 is 0 Å². The van der Waals surface area contributed by atoms with E-state index in [9.17, 15) is 17.6 Å². The maximum absolute atomic E-state index is 13.3. The van der Waals surface area contributed by atoms with Crippen molar-refractivity contribution in [1.29, 1.82) is 0 Å². The molecule has 30 heavy (non-hydrogen) atoms. The average Bonchev–Trinajstić information content (AvgIpc) is 3.52. The molecule has 8 heteroatoms. The van der Waals surface area contributed by atoms with Gasteiger partial charge >= 0.3 is 6.36 Å². The summed E-state index contributed by atoms with van der Waals surface area (Å²) in [6, 6.07) is 10.6. The highest BCUT2D eigenvalue weighted by Crippen LogP contribution is 2.33. The van der Waals surface area contributed by atoms with Crippen molar-refractivity contribution in [3.05, 3.63) is 59.4 Å². The molecule has 1 aliphatic heterocycles. The van der Waals surface area contributed by atoms with Crippen molar-refractivity contribution in [2.45, 2.75) is 56.8 Å². The third-order valence-corrected chi connectivity index (χ3v) is 5.33. The number of ether oxygens (including phenoxy) is 2. The first-order valence-electron chi connectivity index (χ1n) is 10.1. The molecule has 1 saturated heterocycles. The van der Waals surface area contributed by atoms with E-state index in [1.165, 1.54) is 30.3 Å². The number of hydrogen-bond acceptors (Lipinski definition) is 4. The third kappa shape index (κ3) is 5.64. The summed E-state index contributed by atoms with van der Waals surface area (Å²) >= 11 is 0. The van der Waals surface area contributed by atoms with Gasteiger partial charge in [0, 0.05) is 24.2 Å². The lowest BCUT2D eigenvalue weighted by Crippen LogP contribution is -2.45. The zero-order chi connectivity index (χ0) is 21.1. The van der Waals surface area contributed by atoms with Gasteiger partial charge in [0.1, 0.15) is 17.3 Å². The summed E-state index contributed by atoms with van der Waals surface area (Å²) in [6.45, 7) is 1.19. The van der Waals surface area contributed by atoms with Crippen LogP contribution in [0.4, 0.5) is 17.6 Å². The molecule has 2 atom stereocenters. The van der Waals surface area contributed by atoms with E-state index in [-0.39, 0.29) is 29.8 Å². The molecule has 2 aromatic carbocycles. The summed E-state index contributed by atoms with van der Waals surface area (Å²) < 4.78 is 61.1. The van der Waals surface area contributed by atoms with Crippen LogP contribution in [0.25, 0.3) is 0 Å². The minimum atomic E-state index is -4.75. The van der Waals surface area contributed by atoms with Crippen molar-refractivity contribution in [2.75, 3.05) is 6.54 Å². The summed E-state index contributed by atoms with van der Waals surface area (Å²) in [5.41, 5.74) is 1.59. The van der Waals surface area contributed by atoms with E-state index in [4.69, 9.17) is 4.74 Å². The molecule has 1 aliphatic carbocycles. The smallest absolute Gasteiger partial charge is 0.490 e. The number of nitrogens with one attached hydrogen (secondary N) is 2.